The largest absolute Gasteiger partial charge is 0.454 e. The van der Waals surface area contributed by atoms with Crippen molar-refractivity contribution < 1.29 is 14.3 Å². The molecule has 0 saturated heterocycles. The molecule has 3 aliphatic rings. The minimum absolute atomic E-state index is 0.188. The summed E-state index contributed by atoms with van der Waals surface area (Å²) in [6, 6.07) is 13.7. The summed E-state index contributed by atoms with van der Waals surface area (Å²) in [5.41, 5.74) is 5.46. The third-order valence-electron chi connectivity index (χ3n) is 4.87. The number of carbonyl (C=O) groups is 1. The monoisotopic (exact) mass is 320 g/mol. The molecule has 0 aromatic heterocycles. The van der Waals surface area contributed by atoms with Crippen LogP contribution < -0.4 is 20.1 Å². The van der Waals surface area contributed by atoms with Gasteiger partial charge in [-0.3, -0.25) is 0 Å². The van der Waals surface area contributed by atoms with Crippen LogP contribution >= 0.6 is 0 Å². The lowest BCUT2D eigenvalue weighted by Gasteiger charge is -2.34. The molecule has 5 rings (SSSR count). The first-order chi connectivity index (χ1) is 11.8. The number of ether oxygens (including phenoxy) is 2. The highest BCUT2D eigenvalue weighted by Gasteiger charge is 2.34. The van der Waals surface area contributed by atoms with Gasteiger partial charge in [0, 0.05) is 11.1 Å². The molecule has 2 aromatic rings. The molecule has 120 valence electrons. The zero-order valence-electron chi connectivity index (χ0n) is 13.0. The van der Waals surface area contributed by atoms with Gasteiger partial charge >= 0.3 is 6.03 Å². The minimum Gasteiger partial charge on any atom is -0.454 e. The van der Waals surface area contributed by atoms with Gasteiger partial charge in [0.05, 0.1) is 11.7 Å². The number of para-hydroxylation sites is 1. The third kappa shape index (κ3) is 1.91. The topological polar surface area (TPSA) is 59.6 Å². The first-order valence-corrected chi connectivity index (χ1v) is 8.08. The molecule has 0 bridgehead atoms. The molecule has 2 amide bonds. The number of aryl methyl sites for hydroxylation is 1. The van der Waals surface area contributed by atoms with Crippen molar-refractivity contribution in [2.24, 2.45) is 0 Å². The van der Waals surface area contributed by atoms with E-state index < -0.39 is 0 Å². The number of hydrogen-bond acceptors (Lipinski definition) is 3. The summed E-state index contributed by atoms with van der Waals surface area (Å²) in [6.07, 6.45) is 1.87. The quantitative estimate of drug-likeness (QED) is 0.849. The van der Waals surface area contributed by atoms with Gasteiger partial charge < -0.3 is 20.1 Å². The number of carbonyl (C=O) groups excluding carboxylic acids is 1. The standard InChI is InChI=1S/C19H16N2O3/c22-19-20-16-12-5-2-1-4-11(12)8-9-13(16)17(21-19)14-6-3-7-15-18(14)24-10-23-15/h1-7,17H,8-10H2,(H2,20,21,22). The first kappa shape index (κ1) is 13.5. The Balaban J connectivity index is 1.68. The second-order valence-electron chi connectivity index (χ2n) is 6.17. The fourth-order valence-electron chi connectivity index (χ4n) is 3.80. The lowest BCUT2D eigenvalue weighted by molar-refractivity contribution is 0.173. The normalized spacial score (nSPS) is 20.8. The van der Waals surface area contributed by atoms with Crippen LogP contribution in [0.25, 0.3) is 5.70 Å². The van der Waals surface area contributed by atoms with Gasteiger partial charge in [-0.15, -0.1) is 0 Å². The Kier molecular flexibility index (Phi) is 2.82. The molecule has 1 atom stereocenters. The zero-order valence-corrected chi connectivity index (χ0v) is 13.0. The lowest BCUT2D eigenvalue weighted by atomic mass is 9.82. The molecule has 0 saturated carbocycles. The maximum absolute atomic E-state index is 12.3. The summed E-state index contributed by atoms with van der Waals surface area (Å²) >= 11 is 0. The van der Waals surface area contributed by atoms with E-state index in [9.17, 15) is 4.79 Å². The summed E-state index contributed by atoms with van der Waals surface area (Å²) in [4.78, 5) is 12.3. The Hall–Kier alpha value is -2.95. The maximum Gasteiger partial charge on any atom is 0.320 e. The van der Waals surface area contributed by atoms with Gasteiger partial charge in [0.2, 0.25) is 6.79 Å². The summed E-state index contributed by atoms with van der Waals surface area (Å²) in [5, 5.41) is 6.05. The van der Waals surface area contributed by atoms with E-state index in [2.05, 4.69) is 22.8 Å². The van der Waals surface area contributed by atoms with Gasteiger partial charge in [0.25, 0.3) is 0 Å². The molecular formula is C19H16N2O3. The first-order valence-electron chi connectivity index (χ1n) is 8.08. The van der Waals surface area contributed by atoms with Gasteiger partial charge in [-0.05, 0) is 30.0 Å². The Morgan fingerprint density at radius 2 is 1.92 bits per heavy atom. The molecule has 0 fully saturated rings. The molecular weight excluding hydrogens is 304 g/mol. The maximum atomic E-state index is 12.3. The highest BCUT2D eigenvalue weighted by Crippen LogP contribution is 2.45. The molecule has 2 aromatic carbocycles. The van der Waals surface area contributed by atoms with Gasteiger partial charge in [0.15, 0.2) is 11.5 Å². The highest BCUT2D eigenvalue weighted by atomic mass is 16.7. The summed E-state index contributed by atoms with van der Waals surface area (Å²) in [6.45, 7) is 0.222. The number of rotatable bonds is 1. The number of nitrogens with one attached hydrogen (secondary N) is 2. The van der Waals surface area contributed by atoms with Crippen LogP contribution in [0, 0.1) is 0 Å². The molecule has 2 heterocycles. The molecule has 2 N–H and O–H groups in total. The van der Waals surface area contributed by atoms with Crippen LogP contribution in [0.5, 0.6) is 11.5 Å². The van der Waals surface area contributed by atoms with Crippen LogP contribution in [0.3, 0.4) is 0 Å². The predicted molar refractivity (Wildman–Crippen MR) is 88.7 cm³/mol. The Morgan fingerprint density at radius 3 is 2.88 bits per heavy atom. The molecule has 5 nitrogen and oxygen atoms in total. The number of fused-ring (bicyclic) bond motifs is 3. The molecule has 0 spiro atoms. The molecule has 1 unspecified atom stereocenters. The van der Waals surface area contributed by atoms with Crippen LogP contribution in [0.4, 0.5) is 4.79 Å². The molecule has 0 radical (unpaired) electrons. The van der Waals surface area contributed by atoms with Crippen molar-refractivity contribution in [1.82, 2.24) is 10.6 Å². The molecule has 24 heavy (non-hydrogen) atoms. The predicted octanol–water partition coefficient (Wildman–Crippen LogP) is 3.13. The molecule has 1 aliphatic carbocycles. The van der Waals surface area contributed by atoms with Crippen LogP contribution in [0.15, 0.2) is 48.0 Å². The van der Waals surface area contributed by atoms with E-state index in [0.29, 0.717) is 0 Å². The lowest BCUT2D eigenvalue weighted by Crippen LogP contribution is -2.44. The Morgan fingerprint density at radius 1 is 1.00 bits per heavy atom. The highest BCUT2D eigenvalue weighted by molar-refractivity contribution is 5.91. The number of hydrogen-bond donors (Lipinski definition) is 2. The van der Waals surface area contributed by atoms with Crippen molar-refractivity contribution in [2.75, 3.05) is 6.79 Å². The van der Waals surface area contributed by atoms with E-state index in [1.165, 1.54) is 11.1 Å². The molecule has 2 aliphatic heterocycles. The van der Waals surface area contributed by atoms with E-state index in [4.69, 9.17) is 9.47 Å². The van der Waals surface area contributed by atoms with Crippen LogP contribution in [0.1, 0.15) is 29.2 Å². The van der Waals surface area contributed by atoms with Gasteiger partial charge in [-0.25, -0.2) is 4.79 Å². The zero-order chi connectivity index (χ0) is 16.1. The van der Waals surface area contributed by atoms with Crippen molar-refractivity contribution in [3.05, 3.63) is 64.7 Å². The number of urea groups is 1. The van der Waals surface area contributed by atoms with Crippen molar-refractivity contribution in [2.45, 2.75) is 18.9 Å². The van der Waals surface area contributed by atoms with Crippen LogP contribution in [-0.2, 0) is 6.42 Å². The summed E-state index contributed by atoms with van der Waals surface area (Å²) in [7, 11) is 0. The smallest absolute Gasteiger partial charge is 0.320 e. The SMILES string of the molecule is O=C1NC2=C(CCc3ccccc32)C(c2cccc3c2OCO3)N1. The number of amides is 2. The van der Waals surface area contributed by atoms with E-state index >= 15 is 0 Å². The van der Waals surface area contributed by atoms with Gasteiger partial charge in [-0.2, -0.15) is 0 Å². The summed E-state index contributed by atoms with van der Waals surface area (Å²) in [5.74, 6) is 1.47. The fourth-order valence-corrected chi connectivity index (χ4v) is 3.80. The van der Waals surface area contributed by atoms with Crippen LogP contribution in [-0.4, -0.2) is 12.8 Å². The number of benzene rings is 2. The second kappa shape index (κ2) is 5.03. The van der Waals surface area contributed by atoms with Crippen molar-refractivity contribution in [3.8, 4) is 11.5 Å². The van der Waals surface area contributed by atoms with Crippen molar-refractivity contribution in [3.63, 3.8) is 0 Å². The van der Waals surface area contributed by atoms with E-state index in [-0.39, 0.29) is 18.9 Å². The van der Waals surface area contributed by atoms with Gasteiger partial charge in [0.1, 0.15) is 0 Å². The summed E-state index contributed by atoms with van der Waals surface area (Å²) < 4.78 is 11.1. The van der Waals surface area contributed by atoms with Crippen LogP contribution in [0.2, 0.25) is 0 Å². The Bertz CT molecular complexity index is 888. The van der Waals surface area contributed by atoms with Crippen molar-refractivity contribution >= 4 is 11.7 Å². The average molecular weight is 320 g/mol. The second-order valence-corrected chi connectivity index (χ2v) is 6.17. The van der Waals surface area contributed by atoms with Gasteiger partial charge in [-0.1, -0.05) is 36.4 Å². The third-order valence-corrected chi connectivity index (χ3v) is 4.87. The van der Waals surface area contributed by atoms with E-state index in [1.807, 2.05) is 30.3 Å². The molecule has 5 heteroatoms. The van der Waals surface area contributed by atoms with Crippen molar-refractivity contribution in [1.29, 1.82) is 0 Å². The van der Waals surface area contributed by atoms with E-state index in [0.717, 1.165) is 41.2 Å². The fraction of sp³-hybridized carbons (Fsp3) is 0.211. The van der Waals surface area contributed by atoms with E-state index in [1.54, 1.807) is 0 Å². The minimum atomic E-state index is -0.196. The Labute approximate surface area is 139 Å². The average Bonchev–Trinajstić information content (AvgIpc) is 3.09.